The molecule has 1 fully saturated rings. The summed E-state index contributed by atoms with van der Waals surface area (Å²) in [5.74, 6) is 0.264. The van der Waals surface area contributed by atoms with Crippen LogP contribution in [0.2, 0.25) is 0 Å². The Bertz CT molecular complexity index is 773. The molecule has 1 aliphatic carbocycles. The number of imidazole rings is 1. The molecule has 6 heteroatoms. The SMILES string of the molecule is COC(=O)C1(NC(=O)c2ccc3c(c2)nc(C)n3C)CCCC1. The van der Waals surface area contributed by atoms with Crippen molar-refractivity contribution in [3.63, 3.8) is 0 Å². The van der Waals surface area contributed by atoms with Crippen LogP contribution in [-0.4, -0.2) is 34.1 Å². The number of nitrogens with one attached hydrogen (secondary N) is 1. The van der Waals surface area contributed by atoms with Gasteiger partial charge in [0.25, 0.3) is 5.91 Å². The van der Waals surface area contributed by atoms with Crippen LogP contribution in [0.4, 0.5) is 0 Å². The van der Waals surface area contributed by atoms with E-state index in [1.165, 1.54) is 7.11 Å². The molecule has 1 aromatic carbocycles. The highest BCUT2D eigenvalue weighted by molar-refractivity contribution is 6.00. The molecule has 0 bridgehead atoms. The van der Waals surface area contributed by atoms with E-state index in [9.17, 15) is 9.59 Å². The van der Waals surface area contributed by atoms with E-state index in [1.807, 2.05) is 24.6 Å². The molecule has 1 N–H and O–H groups in total. The Balaban J connectivity index is 1.89. The molecule has 2 aromatic rings. The molecule has 1 aromatic heterocycles. The first-order chi connectivity index (χ1) is 11.0. The molecule has 0 aliphatic heterocycles. The predicted molar refractivity (Wildman–Crippen MR) is 86.1 cm³/mol. The Morgan fingerprint density at radius 2 is 2.00 bits per heavy atom. The van der Waals surface area contributed by atoms with Gasteiger partial charge in [0.2, 0.25) is 0 Å². The van der Waals surface area contributed by atoms with Gasteiger partial charge in [-0.3, -0.25) is 4.79 Å². The number of amides is 1. The smallest absolute Gasteiger partial charge is 0.331 e. The van der Waals surface area contributed by atoms with Gasteiger partial charge in [-0.15, -0.1) is 0 Å². The standard InChI is InChI=1S/C17H21N3O3/c1-11-18-13-10-12(6-7-14(13)20(11)2)15(21)19-17(16(22)23-3)8-4-5-9-17/h6-7,10H,4-5,8-9H2,1-3H3,(H,19,21). The van der Waals surface area contributed by atoms with E-state index in [1.54, 1.807) is 12.1 Å². The van der Waals surface area contributed by atoms with Crippen molar-refractivity contribution in [2.45, 2.75) is 38.1 Å². The fourth-order valence-corrected chi connectivity index (χ4v) is 3.31. The van der Waals surface area contributed by atoms with Crippen molar-refractivity contribution in [2.75, 3.05) is 7.11 Å². The summed E-state index contributed by atoms with van der Waals surface area (Å²) >= 11 is 0. The maximum Gasteiger partial charge on any atom is 0.331 e. The van der Waals surface area contributed by atoms with Crippen molar-refractivity contribution in [1.29, 1.82) is 0 Å². The van der Waals surface area contributed by atoms with Gasteiger partial charge < -0.3 is 14.6 Å². The minimum atomic E-state index is -0.888. The van der Waals surface area contributed by atoms with Crippen LogP contribution in [0.3, 0.4) is 0 Å². The van der Waals surface area contributed by atoms with E-state index in [4.69, 9.17) is 4.74 Å². The zero-order valence-corrected chi connectivity index (χ0v) is 13.7. The minimum absolute atomic E-state index is 0.262. The lowest BCUT2D eigenvalue weighted by atomic mass is 9.97. The topological polar surface area (TPSA) is 73.2 Å². The van der Waals surface area contributed by atoms with E-state index in [-0.39, 0.29) is 11.9 Å². The number of methoxy groups -OCH3 is 1. The molecule has 6 nitrogen and oxygen atoms in total. The quantitative estimate of drug-likeness (QED) is 0.880. The molecule has 3 rings (SSSR count). The minimum Gasteiger partial charge on any atom is -0.467 e. The van der Waals surface area contributed by atoms with Gasteiger partial charge in [-0.25, -0.2) is 9.78 Å². The molecule has 1 aliphatic rings. The second-order valence-corrected chi connectivity index (χ2v) is 6.16. The fraction of sp³-hybridized carbons (Fsp3) is 0.471. The molecule has 1 heterocycles. The van der Waals surface area contributed by atoms with Crippen molar-refractivity contribution in [3.05, 3.63) is 29.6 Å². The summed E-state index contributed by atoms with van der Waals surface area (Å²) in [4.78, 5) is 29.2. The zero-order chi connectivity index (χ0) is 16.6. The number of nitrogens with zero attached hydrogens (tertiary/aromatic N) is 2. The van der Waals surface area contributed by atoms with Crippen LogP contribution in [0.5, 0.6) is 0 Å². The molecular weight excluding hydrogens is 294 g/mol. The summed E-state index contributed by atoms with van der Waals surface area (Å²) in [6.07, 6.45) is 3.06. The number of hydrogen-bond acceptors (Lipinski definition) is 4. The molecule has 0 atom stereocenters. The number of fused-ring (bicyclic) bond motifs is 1. The number of esters is 1. The highest BCUT2D eigenvalue weighted by Gasteiger charge is 2.43. The average Bonchev–Trinajstić information content (AvgIpc) is 3.12. The normalized spacial score (nSPS) is 16.5. The molecule has 0 radical (unpaired) electrons. The van der Waals surface area contributed by atoms with Gasteiger partial charge in [0.05, 0.1) is 18.1 Å². The van der Waals surface area contributed by atoms with Crippen LogP contribution in [0.1, 0.15) is 41.9 Å². The van der Waals surface area contributed by atoms with Gasteiger partial charge >= 0.3 is 5.97 Å². The van der Waals surface area contributed by atoms with Crippen LogP contribution >= 0.6 is 0 Å². The summed E-state index contributed by atoms with van der Waals surface area (Å²) in [7, 11) is 3.30. The Hall–Kier alpha value is -2.37. The lowest BCUT2D eigenvalue weighted by Gasteiger charge is -2.27. The second-order valence-electron chi connectivity index (χ2n) is 6.16. The molecule has 23 heavy (non-hydrogen) atoms. The van der Waals surface area contributed by atoms with Crippen LogP contribution in [0.25, 0.3) is 11.0 Å². The van der Waals surface area contributed by atoms with Crippen molar-refractivity contribution >= 4 is 22.9 Å². The van der Waals surface area contributed by atoms with Crippen molar-refractivity contribution < 1.29 is 14.3 Å². The van der Waals surface area contributed by atoms with Gasteiger partial charge in [0, 0.05) is 12.6 Å². The number of aromatic nitrogens is 2. The number of ether oxygens (including phenoxy) is 1. The van der Waals surface area contributed by atoms with E-state index < -0.39 is 5.54 Å². The summed E-state index contributed by atoms with van der Waals surface area (Å²) < 4.78 is 6.87. The first-order valence-corrected chi connectivity index (χ1v) is 7.81. The van der Waals surface area contributed by atoms with Crippen LogP contribution < -0.4 is 5.32 Å². The maximum atomic E-state index is 12.6. The Labute approximate surface area is 134 Å². The average molecular weight is 315 g/mol. The van der Waals surface area contributed by atoms with Crippen LogP contribution in [0, 0.1) is 6.92 Å². The summed E-state index contributed by atoms with van der Waals surface area (Å²) in [6, 6.07) is 5.40. The number of hydrogen-bond donors (Lipinski definition) is 1. The molecule has 1 amide bonds. The first-order valence-electron chi connectivity index (χ1n) is 7.81. The summed E-state index contributed by atoms with van der Waals surface area (Å²) in [6.45, 7) is 1.92. The highest BCUT2D eigenvalue weighted by atomic mass is 16.5. The van der Waals surface area contributed by atoms with E-state index in [0.29, 0.717) is 18.4 Å². The number of carbonyl (C=O) groups excluding carboxylic acids is 2. The monoisotopic (exact) mass is 315 g/mol. The number of rotatable bonds is 3. The molecular formula is C17H21N3O3. The zero-order valence-electron chi connectivity index (χ0n) is 13.7. The Morgan fingerprint density at radius 1 is 1.30 bits per heavy atom. The number of carbonyl (C=O) groups is 2. The third kappa shape index (κ3) is 2.58. The summed E-state index contributed by atoms with van der Waals surface area (Å²) in [5, 5.41) is 2.90. The third-order valence-corrected chi connectivity index (χ3v) is 4.75. The van der Waals surface area contributed by atoms with Crippen LogP contribution in [-0.2, 0) is 16.6 Å². The molecule has 1 saturated carbocycles. The maximum absolute atomic E-state index is 12.6. The molecule has 0 saturated heterocycles. The van der Waals surface area contributed by atoms with Crippen LogP contribution in [0.15, 0.2) is 18.2 Å². The van der Waals surface area contributed by atoms with Crippen molar-refractivity contribution in [2.24, 2.45) is 7.05 Å². The van der Waals surface area contributed by atoms with E-state index in [0.717, 1.165) is 29.7 Å². The van der Waals surface area contributed by atoms with Gasteiger partial charge in [-0.05, 0) is 38.0 Å². The number of aryl methyl sites for hydroxylation is 2. The molecule has 122 valence electrons. The van der Waals surface area contributed by atoms with Gasteiger partial charge in [-0.1, -0.05) is 12.8 Å². The van der Waals surface area contributed by atoms with E-state index in [2.05, 4.69) is 10.3 Å². The number of benzene rings is 1. The molecule has 0 spiro atoms. The second kappa shape index (κ2) is 5.68. The highest BCUT2D eigenvalue weighted by Crippen LogP contribution is 2.31. The first kappa shape index (κ1) is 15.5. The van der Waals surface area contributed by atoms with Gasteiger partial charge in [-0.2, -0.15) is 0 Å². The van der Waals surface area contributed by atoms with Gasteiger partial charge in [0.1, 0.15) is 11.4 Å². The Morgan fingerprint density at radius 3 is 2.65 bits per heavy atom. The van der Waals surface area contributed by atoms with Crippen molar-refractivity contribution in [1.82, 2.24) is 14.9 Å². The third-order valence-electron chi connectivity index (χ3n) is 4.75. The summed E-state index contributed by atoms with van der Waals surface area (Å²) in [5.41, 5.74) is 1.37. The lowest BCUT2D eigenvalue weighted by Crippen LogP contribution is -2.53. The Kier molecular flexibility index (Phi) is 3.83. The largest absolute Gasteiger partial charge is 0.467 e. The predicted octanol–water partition coefficient (Wildman–Crippen LogP) is 2.10. The molecule has 0 unspecified atom stereocenters. The van der Waals surface area contributed by atoms with E-state index >= 15 is 0 Å². The van der Waals surface area contributed by atoms with Crippen molar-refractivity contribution in [3.8, 4) is 0 Å². The fourth-order valence-electron chi connectivity index (χ4n) is 3.31. The van der Waals surface area contributed by atoms with Gasteiger partial charge in [0.15, 0.2) is 0 Å². The lowest BCUT2D eigenvalue weighted by molar-refractivity contribution is -0.148.